The van der Waals surface area contributed by atoms with Crippen LogP contribution in [-0.4, -0.2) is 38.3 Å². The van der Waals surface area contributed by atoms with Gasteiger partial charge < -0.3 is 15.4 Å². The van der Waals surface area contributed by atoms with E-state index >= 15 is 0 Å². The number of hydrogen-bond donors (Lipinski definition) is 2. The molecule has 2 rings (SSSR count). The molecule has 1 amide bonds. The van der Waals surface area contributed by atoms with E-state index in [0.717, 1.165) is 45.0 Å². The molecule has 2 atom stereocenters. The zero-order valence-electron chi connectivity index (χ0n) is 13.4. The van der Waals surface area contributed by atoms with Gasteiger partial charge in [-0.3, -0.25) is 4.79 Å². The van der Waals surface area contributed by atoms with Gasteiger partial charge in [0.15, 0.2) is 0 Å². The molecule has 0 radical (unpaired) electrons. The standard InChI is InChI=1S/C16H30N2O2.ClH/c1-12(2)16-14(7-10-20-16)11-18-15(19)4-3-13-5-8-17-9-6-13;/h12-14,16-17H,3-11H2,1-2H3,(H,18,19);1H. The largest absolute Gasteiger partial charge is 0.378 e. The van der Waals surface area contributed by atoms with Crippen LogP contribution in [0.5, 0.6) is 0 Å². The molecule has 5 heteroatoms. The first-order valence-electron chi connectivity index (χ1n) is 8.26. The molecule has 0 saturated carbocycles. The van der Waals surface area contributed by atoms with E-state index < -0.39 is 0 Å². The molecular weight excluding hydrogens is 288 g/mol. The van der Waals surface area contributed by atoms with Crippen LogP contribution in [0.1, 0.15) is 46.0 Å². The summed E-state index contributed by atoms with van der Waals surface area (Å²) in [5.74, 6) is 1.99. The fourth-order valence-electron chi connectivity index (χ4n) is 3.45. The lowest BCUT2D eigenvalue weighted by Gasteiger charge is -2.23. The maximum absolute atomic E-state index is 12.0. The van der Waals surface area contributed by atoms with Crippen molar-refractivity contribution < 1.29 is 9.53 Å². The fourth-order valence-corrected chi connectivity index (χ4v) is 3.45. The Labute approximate surface area is 135 Å². The predicted molar refractivity (Wildman–Crippen MR) is 87.8 cm³/mol. The Morgan fingerprint density at radius 2 is 2.00 bits per heavy atom. The summed E-state index contributed by atoms with van der Waals surface area (Å²) in [4.78, 5) is 12.0. The minimum atomic E-state index is 0. The number of nitrogens with one attached hydrogen (secondary N) is 2. The quantitative estimate of drug-likeness (QED) is 0.790. The highest BCUT2D eigenvalue weighted by Gasteiger charge is 2.30. The average Bonchev–Trinajstić information content (AvgIpc) is 2.92. The molecule has 2 heterocycles. The van der Waals surface area contributed by atoms with Crippen LogP contribution in [-0.2, 0) is 9.53 Å². The Hall–Kier alpha value is -0.320. The molecule has 0 aliphatic carbocycles. The third kappa shape index (κ3) is 6.13. The number of piperidine rings is 1. The van der Waals surface area contributed by atoms with Gasteiger partial charge in [-0.15, -0.1) is 12.4 Å². The predicted octanol–water partition coefficient (Wildman–Crippen LogP) is 2.37. The van der Waals surface area contributed by atoms with Gasteiger partial charge in [0.05, 0.1) is 6.10 Å². The SMILES string of the molecule is CC(C)C1OCCC1CNC(=O)CCC1CCNCC1.Cl. The summed E-state index contributed by atoms with van der Waals surface area (Å²) in [5, 5.41) is 6.48. The molecule has 0 aromatic heterocycles. The van der Waals surface area contributed by atoms with Gasteiger partial charge in [-0.25, -0.2) is 0 Å². The van der Waals surface area contributed by atoms with E-state index in [1.807, 2.05) is 0 Å². The number of halogens is 1. The topological polar surface area (TPSA) is 50.4 Å². The summed E-state index contributed by atoms with van der Waals surface area (Å²) < 4.78 is 5.76. The summed E-state index contributed by atoms with van der Waals surface area (Å²) in [6.45, 7) is 8.25. The van der Waals surface area contributed by atoms with Crippen LogP contribution in [0, 0.1) is 17.8 Å². The van der Waals surface area contributed by atoms with E-state index in [1.165, 1.54) is 12.8 Å². The van der Waals surface area contributed by atoms with Crippen molar-refractivity contribution in [2.45, 2.75) is 52.1 Å². The number of hydrogen-bond acceptors (Lipinski definition) is 3. The van der Waals surface area contributed by atoms with Crippen LogP contribution in [0.3, 0.4) is 0 Å². The van der Waals surface area contributed by atoms with Crippen molar-refractivity contribution in [3.63, 3.8) is 0 Å². The second-order valence-corrected chi connectivity index (χ2v) is 6.66. The van der Waals surface area contributed by atoms with Crippen molar-refractivity contribution in [2.24, 2.45) is 17.8 Å². The minimum Gasteiger partial charge on any atom is -0.378 e. The third-order valence-corrected chi connectivity index (χ3v) is 4.72. The Balaban J connectivity index is 0.00000220. The molecule has 0 aromatic carbocycles. The zero-order valence-corrected chi connectivity index (χ0v) is 14.2. The van der Waals surface area contributed by atoms with E-state index in [9.17, 15) is 4.79 Å². The molecule has 0 spiro atoms. The molecule has 124 valence electrons. The van der Waals surface area contributed by atoms with Crippen molar-refractivity contribution in [2.75, 3.05) is 26.2 Å². The zero-order chi connectivity index (χ0) is 14.4. The summed E-state index contributed by atoms with van der Waals surface area (Å²) >= 11 is 0. The summed E-state index contributed by atoms with van der Waals surface area (Å²) in [5.41, 5.74) is 0. The normalized spacial score (nSPS) is 26.6. The highest BCUT2D eigenvalue weighted by Crippen LogP contribution is 2.26. The fraction of sp³-hybridized carbons (Fsp3) is 0.938. The van der Waals surface area contributed by atoms with Gasteiger partial charge in [-0.05, 0) is 50.6 Å². The van der Waals surface area contributed by atoms with Crippen LogP contribution >= 0.6 is 12.4 Å². The first kappa shape index (κ1) is 18.7. The van der Waals surface area contributed by atoms with E-state index in [2.05, 4.69) is 24.5 Å². The van der Waals surface area contributed by atoms with E-state index in [0.29, 0.717) is 24.4 Å². The minimum absolute atomic E-state index is 0. The lowest BCUT2D eigenvalue weighted by Crippen LogP contribution is -2.35. The van der Waals surface area contributed by atoms with Gasteiger partial charge >= 0.3 is 0 Å². The maximum Gasteiger partial charge on any atom is 0.220 e. The molecule has 21 heavy (non-hydrogen) atoms. The Morgan fingerprint density at radius 3 is 2.67 bits per heavy atom. The number of carbonyl (C=O) groups is 1. The highest BCUT2D eigenvalue weighted by molar-refractivity contribution is 5.85. The van der Waals surface area contributed by atoms with Gasteiger partial charge in [0.2, 0.25) is 5.91 Å². The first-order valence-corrected chi connectivity index (χ1v) is 8.26. The third-order valence-electron chi connectivity index (χ3n) is 4.72. The number of carbonyl (C=O) groups excluding carboxylic acids is 1. The van der Waals surface area contributed by atoms with Crippen molar-refractivity contribution >= 4 is 18.3 Å². The van der Waals surface area contributed by atoms with Crippen LogP contribution in [0.25, 0.3) is 0 Å². The van der Waals surface area contributed by atoms with Crippen molar-refractivity contribution in [1.29, 1.82) is 0 Å². The number of ether oxygens (including phenoxy) is 1. The number of rotatable bonds is 6. The molecule has 2 aliphatic rings. The molecule has 0 aromatic rings. The Bertz CT molecular complexity index is 307. The van der Waals surface area contributed by atoms with Crippen LogP contribution in [0.4, 0.5) is 0 Å². The van der Waals surface area contributed by atoms with Crippen LogP contribution < -0.4 is 10.6 Å². The Morgan fingerprint density at radius 1 is 1.29 bits per heavy atom. The van der Waals surface area contributed by atoms with Crippen molar-refractivity contribution in [3.05, 3.63) is 0 Å². The average molecular weight is 319 g/mol. The first-order chi connectivity index (χ1) is 9.66. The van der Waals surface area contributed by atoms with Gasteiger partial charge in [0.1, 0.15) is 0 Å². The highest BCUT2D eigenvalue weighted by atomic mass is 35.5. The van der Waals surface area contributed by atoms with Gasteiger partial charge in [-0.1, -0.05) is 13.8 Å². The lowest BCUT2D eigenvalue weighted by atomic mass is 9.92. The molecule has 2 aliphatic heterocycles. The molecule has 4 nitrogen and oxygen atoms in total. The molecule has 0 bridgehead atoms. The van der Waals surface area contributed by atoms with Gasteiger partial charge in [0, 0.05) is 25.5 Å². The molecule has 2 saturated heterocycles. The second kappa shape index (κ2) is 9.65. The van der Waals surface area contributed by atoms with Gasteiger partial charge in [0.25, 0.3) is 0 Å². The number of amides is 1. The van der Waals surface area contributed by atoms with Crippen LogP contribution in [0.2, 0.25) is 0 Å². The lowest BCUT2D eigenvalue weighted by molar-refractivity contribution is -0.121. The monoisotopic (exact) mass is 318 g/mol. The molecule has 2 unspecified atom stereocenters. The van der Waals surface area contributed by atoms with Gasteiger partial charge in [-0.2, -0.15) is 0 Å². The molecule has 2 N–H and O–H groups in total. The van der Waals surface area contributed by atoms with Crippen LogP contribution in [0.15, 0.2) is 0 Å². The Kier molecular flexibility index (Phi) is 8.60. The molecule has 2 fully saturated rings. The van der Waals surface area contributed by atoms with E-state index in [1.54, 1.807) is 0 Å². The van der Waals surface area contributed by atoms with Crippen molar-refractivity contribution in [3.8, 4) is 0 Å². The smallest absolute Gasteiger partial charge is 0.220 e. The maximum atomic E-state index is 12.0. The summed E-state index contributed by atoms with van der Waals surface area (Å²) in [7, 11) is 0. The summed E-state index contributed by atoms with van der Waals surface area (Å²) in [6.07, 6.45) is 5.57. The van der Waals surface area contributed by atoms with E-state index in [-0.39, 0.29) is 18.3 Å². The van der Waals surface area contributed by atoms with E-state index in [4.69, 9.17) is 4.74 Å². The second-order valence-electron chi connectivity index (χ2n) is 6.66. The molecular formula is C16H31ClN2O2. The summed E-state index contributed by atoms with van der Waals surface area (Å²) in [6, 6.07) is 0. The van der Waals surface area contributed by atoms with Crippen molar-refractivity contribution in [1.82, 2.24) is 10.6 Å².